The Balaban J connectivity index is 0.000000287. The molecule has 7 heteroatoms. The van der Waals surface area contributed by atoms with Crippen molar-refractivity contribution in [2.45, 2.75) is 65.8 Å². The molecule has 0 bridgehead atoms. The molecule has 2 aliphatic rings. The van der Waals surface area contributed by atoms with Gasteiger partial charge in [0.1, 0.15) is 0 Å². The SMILES string of the molecule is CCCNCC1CC1.CCc1nc2n(c1C(=O)O)CCN2c1ccc(C(C)C)cc1Br. The van der Waals surface area contributed by atoms with E-state index in [2.05, 4.69) is 70.1 Å². The van der Waals surface area contributed by atoms with Crippen LogP contribution in [0.15, 0.2) is 22.7 Å². The first kappa shape index (κ1) is 23.8. The Kier molecular flexibility index (Phi) is 8.17. The molecule has 0 amide bonds. The number of carboxylic acids is 1. The number of nitrogens with zero attached hydrogens (tertiary/aromatic N) is 3. The lowest BCUT2D eigenvalue weighted by atomic mass is 10.0. The highest BCUT2D eigenvalue weighted by Gasteiger charge is 2.31. The lowest BCUT2D eigenvalue weighted by molar-refractivity contribution is 0.0684. The van der Waals surface area contributed by atoms with Gasteiger partial charge >= 0.3 is 5.97 Å². The van der Waals surface area contributed by atoms with Gasteiger partial charge in [0.25, 0.3) is 0 Å². The molecule has 4 rings (SSSR count). The lowest BCUT2D eigenvalue weighted by Gasteiger charge is -2.19. The number of hydrogen-bond acceptors (Lipinski definition) is 4. The molecule has 6 nitrogen and oxygen atoms in total. The number of carbonyl (C=O) groups is 1. The first-order valence-corrected chi connectivity index (χ1v) is 12.3. The van der Waals surface area contributed by atoms with E-state index in [0.29, 0.717) is 30.3 Å². The summed E-state index contributed by atoms with van der Waals surface area (Å²) in [6, 6.07) is 6.33. The van der Waals surface area contributed by atoms with Crippen LogP contribution in [0.5, 0.6) is 0 Å². The van der Waals surface area contributed by atoms with E-state index >= 15 is 0 Å². The van der Waals surface area contributed by atoms with E-state index in [1.807, 2.05) is 11.5 Å². The van der Waals surface area contributed by atoms with Gasteiger partial charge in [0.15, 0.2) is 5.69 Å². The highest BCUT2D eigenvalue weighted by atomic mass is 79.9. The topological polar surface area (TPSA) is 70.4 Å². The fourth-order valence-electron chi connectivity index (χ4n) is 3.83. The summed E-state index contributed by atoms with van der Waals surface area (Å²) < 4.78 is 2.82. The first-order chi connectivity index (χ1) is 14.9. The number of halogens is 1. The van der Waals surface area contributed by atoms with Gasteiger partial charge in [-0.15, -0.1) is 0 Å². The van der Waals surface area contributed by atoms with Crippen molar-refractivity contribution in [3.63, 3.8) is 0 Å². The molecule has 1 saturated carbocycles. The van der Waals surface area contributed by atoms with E-state index in [-0.39, 0.29) is 0 Å². The van der Waals surface area contributed by atoms with Crippen molar-refractivity contribution in [2.24, 2.45) is 5.92 Å². The number of imidazole rings is 1. The summed E-state index contributed by atoms with van der Waals surface area (Å²) in [5.41, 5.74) is 3.26. The van der Waals surface area contributed by atoms with Gasteiger partial charge < -0.3 is 19.9 Å². The summed E-state index contributed by atoms with van der Waals surface area (Å²) in [5, 5.41) is 12.9. The molecule has 2 aromatic rings. The minimum absolute atomic E-state index is 0.319. The van der Waals surface area contributed by atoms with Gasteiger partial charge in [-0.1, -0.05) is 33.8 Å². The molecule has 2 heterocycles. The lowest BCUT2D eigenvalue weighted by Crippen LogP contribution is -2.16. The standard InChI is InChI=1S/C17H20BrN3O2.C7H15N/c1-4-13-15(16(22)23)21-8-7-20(17(21)19-13)14-6-5-11(10(2)3)9-12(14)18;1-2-5-8-6-7-3-4-7/h5-6,9-10H,4,7-8H2,1-3H3,(H,22,23);7-8H,2-6H2,1H3. The van der Waals surface area contributed by atoms with Crippen molar-refractivity contribution >= 4 is 33.5 Å². The van der Waals surface area contributed by atoms with Crippen LogP contribution >= 0.6 is 15.9 Å². The van der Waals surface area contributed by atoms with Crippen molar-refractivity contribution in [1.82, 2.24) is 14.9 Å². The molecule has 0 atom stereocenters. The van der Waals surface area contributed by atoms with Crippen LogP contribution in [0, 0.1) is 5.92 Å². The summed E-state index contributed by atoms with van der Waals surface area (Å²) in [7, 11) is 0. The van der Waals surface area contributed by atoms with Gasteiger partial charge in [0.05, 0.1) is 11.4 Å². The maximum absolute atomic E-state index is 11.5. The first-order valence-electron chi connectivity index (χ1n) is 11.5. The van der Waals surface area contributed by atoms with E-state index in [0.717, 1.165) is 28.6 Å². The highest BCUT2D eigenvalue weighted by Crippen LogP contribution is 2.37. The van der Waals surface area contributed by atoms with Gasteiger partial charge in [-0.25, -0.2) is 9.78 Å². The third-order valence-electron chi connectivity index (χ3n) is 5.83. The van der Waals surface area contributed by atoms with Crippen LogP contribution in [0.4, 0.5) is 11.6 Å². The zero-order chi connectivity index (χ0) is 22.5. The van der Waals surface area contributed by atoms with Crippen molar-refractivity contribution in [3.8, 4) is 0 Å². The van der Waals surface area contributed by atoms with Crippen molar-refractivity contribution in [2.75, 3.05) is 24.5 Å². The Morgan fingerprint density at radius 3 is 2.58 bits per heavy atom. The second-order valence-corrected chi connectivity index (χ2v) is 9.54. The van der Waals surface area contributed by atoms with E-state index in [9.17, 15) is 9.90 Å². The number of aromatic carboxylic acids is 1. The van der Waals surface area contributed by atoms with Gasteiger partial charge in [-0.05, 0) is 84.2 Å². The summed E-state index contributed by atoms with van der Waals surface area (Å²) >= 11 is 3.65. The summed E-state index contributed by atoms with van der Waals surface area (Å²) in [6.45, 7) is 12.3. The van der Waals surface area contributed by atoms with Crippen LogP contribution in [0.25, 0.3) is 0 Å². The minimum atomic E-state index is -0.906. The van der Waals surface area contributed by atoms with Crippen LogP contribution in [-0.2, 0) is 13.0 Å². The van der Waals surface area contributed by atoms with Crippen LogP contribution in [0.1, 0.15) is 74.6 Å². The second kappa shape index (κ2) is 10.6. The average molecular weight is 491 g/mol. The number of fused-ring (bicyclic) bond motifs is 1. The predicted octanol–water partition coefficient (Wildman–Crippen LogP) is 5.58. The Labute approximate surface area is 194 Å². The molecule has 0 unspecified atom stereocenters. The molecule has 0 spiro atoms. The van der Waals surface area contributed by atoms with Gasteiger partial charge in [-0.3, -0.25) is 0 Å². The predicted molar refractivity (Wildman–Crippen MR) is 130 cm³/mol. The smallest absolute Gasteiger partial charge is 0.354 e. The quantitative estimate of drug-likeness (QED) is 0.472. The molecule has 0 saturated heterocycles. The van der Waals surface area contributed by atoms with Crippen LogP contribution in [0.3, 0.4) is 0 Å². The molecule has 1 aromatic heterocycles. The third-order valence-corrected chi connectivity index (χ3v) is 6.47. The maximum atomic E-state index is 11.5. The van der Waals surface area contributed by atoms with Crippen molar-refractivity contribution < 1.29 is 9.90 Å². The Morgan fingerprint density at radius 2 is 2.03 bits per heavy atom. The minimum Gasteiger partial charge on any atom is -0.477 e. The zero-order valence-corrected chi connectivity index (χ0v) is 20.7. The normalized spacial score (nSPS) is 15.1. The van der Waals surface area contributed by atoms with Crippen molar-refractivity contribution in [1.29, 1.82) is 0 Å². The Bertz CT molecular complexity index is 905. The Morgan fingerprint density at radius 1 is 1.29 bits per heavy atom. The molecular weight excluding hydrogens is 456 g/mol. The van der Waals surface area contributed by atoms with E-state index in [1.165, 1.54) is 37.9 Å². The number of hydrogen-bond donors (Lipinski definition) is 2. The molecule has 1 aliphatic carbocycles. The largest absolute Gasteiger partial charge is 0.477 e. The fourth-order valence-corrected chi connectivity index (χ4v) is 4.44. The number of nitrogens with one attached hydrogen (secondary N) is 1. The molecule has 1 aromatic carbocycles. The molecular formula is C24H35BrN4O2. The van der Waals surface area contributed by atoms with E-state index in [1.54, 1.807) is 0 Å². The number of aryl methyl sites for hydroxylation is 1. The molecule has 2 N–H and O–H groups in total. The molecule has 0 radical (unpaired) electrons. The zero-order valence-electron chi connectivity index (χ0n) is 19.1. The third kappa shape index (κ3) is 5.69. The summed E-state index contributed by atoms with van der Waals surface area (Å²) in [5.74, 6) is 1.32. The molecule has 170 valence electrons. The maximum Gasteiger partial charge on any atom is 0.354 e. The summed E-state index contributed by atoms with van der Waals surface area (Å²) in [4.78, 5) is 18.2. The van der Waals surface area contributed by atoms with Crippen LogP contribution in [0.2, 0.25) is 0 Å². The number of carboxylic acid groups (broad SMARTS) is 1. The van der Waals surface area contributed by atoms with Gasteiger partial charge in [0, 0.05) is 17.6 Å². The fraction of sp³-hybridized carbons (Fsp3) is 0.583. The molecule has 1 fully saturated rings. The number of benzene rings is 1. The Hall–Kier alpha value is -1.86. The van der Waals surface area contributed by atoms with Crippen molar-refractivity contribution in [3.05, 3.63) is 39.6 Å². The molecule has 1 aliphatic heterocycles. The van der Waals surface area contributed by atoms with E-state index in [4.69, 9.17) is 0 Å². The second-order valence-electron chi connectivity index (χ2n) is 8.68. The monoisotopic (exact) mass is 490 g/mol. The van der Waals surface area contributed by atoms with E-state index < -0.39 is 5.97 Å². The number of aromatic nitrogens is 2. The number of rotatable bonds is 8. The van der Waals surface area contributed by atoms with Crippen LogP contribution in [-0.4, -0.2) is 40.3 Å². The van der Waals surface area contributed by atoms with Gasteiger partial charge in [0.2, 0.25) is 5.95 Å². The number of anilines is 2. The van der Waals surface area contributed by atoms with Crippen LogP contribution < -0.4 is 10.2 Å². The average Bonchev–Trinajstić information content (AvgIpc) is 3.35. The highest BCUT2D eigenvalue weighted by molar-refractivity contribution is 9.10. The van der Waals surface area contributed by atoms with Gasteiger partial charge in [-0.2, -0.15) is 0 Å². The molecule has 31 heavy (non-hydrogen) atoms. The summed E-state index contributed by atoms with van der Waals surface area (Å²) in [6.07, 6.45) is 4.82.